The van der Waals surface area contributed by atoms with E-state index >= 15 is 0 Å². The summed E-state index contributed by atoms with van der Waals surface area (Å²) in [7, 11) is 1.75. The van der Waals surface area contributed by atoms with E-state index in [1.54, 1.807) is 26.9 Å². The number of hydrogen-bond donors (Lipinski definition) is 3. The molecule has 3 N–H and O–H groups in total. The lowest BCUT2D eigenvalue weighted by atomic mass is 9.85. The highest BCUT2D eigenvalue weighted by Gasteiger charge is 2.32. The molecule has 0 spiro atoms. The van der Waals surface area contributed by atoms with Crippen molar-refractivity contribution in [2.75, 3.05) is 43.4 Å². The van der Waals surface area contributed by atoms with Gasteiger partial charge in [0.2, 0.25) is 11.8 Å². The average Bonchev–Trinajstić information content (AvgIpc) is 3.74. The fraction of sp³-hybridized carbons (Fsp3) is 0.533. The van der Waals surface area contributed by atoms with Gasteiger partial charge in [0.1, 0.15) is 23.1 Å². The highest BCUT2D eigenvalue weighted by molar-refractivity contribution is 6.09. The molecule has 322 valence electrons. The van der Waals surface area contributed by atoms with E-state index in [1.165, 1.54) is 12.8 Å². The third kappa shape index (κ3) is 8.78. The second-order valence-electron chi connectivity index (χ2n) is 17.7. The zero-order valence-electron chi connectivity index (χ0n) is 35.3. The summed E-state index contributed by atoms with van der Waals surface area (Å²) in [6.45, 7) is 10.8. The quantitative estimate of drug-likeness (QED) is 0.0902. The second-order valence-corrected chi connectivity index (χ2v) is 17.7. The Morgan fingerprint density at radius 3 is 2.54 bits per heavy atom. The van der Waals surface area contributed by atoms with Gasteiger partial charge in [0.15, 0.2) is 5.65 Å². The minimum atomic E-state index is -0.690. The molecule has 2 aliphatic heterocycles. The Labute approximate surface area is 354 Å². The Hall–Kier alpha value is -5.61. The summed E-state index contributed by atoms with van der Waals surface area (Å²) in [6, 6.07) is 7.31. The first-order valence-corrected chi connectivity index (χ1v) is 22.1. The lowest BCUT2D eigenvalue weighted by Gasteiger charge is -2.36. The van der Waals surface area contributed by atoms with Crippen LogP contribution in [0.1, 0.15) is 111 Å². The van der Waals surface area contributed by atoms with E-state index in [2.05, 4.69) is 32.5 Å². The predicted molar refractivity (Wildman–Crippen MR) is 232 cm³/mol. The molecule has 1 aromatic carbocycles. The molecule has 1 atom stereocenters. The van der Waals surface area contributed by atoms with Crippen LogP contribution in [0, 0.1) is 11.8 Å². The fourth-order valence-electron chi connectivity index (χ4n) is 9.55. The third-order valence-electron chi connectivity index (χ3n) is 13.2. The van der Waals surface area contributed by atoms with Crippen molar-refractivity contribution in [2.45, 2.75) is 102 Å². The molecule has 6 heterocycles. The van der Waals surface area contributed by atoms with E-state index in [0.717, 1.165) is 106 Å². The molecule has 16 nitrogen and oxygen atoms in total. The highest BCUT2D eigenvalue weighted by atomic mass is 16.5. The minimum Gasteiger partial charge on any atom is -0.378 e. The molecule has 16 heteroatoms. The van der Waals surface area contributed by atoms with E-state index < -0.39 is 11.9 Å². The number of rotatable bonds is 15. The number of allylic oxidation sites excluding steroid dienone is 1. The lowest BCUT2D eigenvalue weighted by Crippen LogP contribution is -2.44. The van der Waals surface area contributed by atoms with Gasteiger partial charge >= 0.3 is 5.69 Å². The van der Waals surface area contributed by atoms with Crippen LogP contribution >= 0.6 is 0 Å². The van der Waals surface area contributed by atoms with E-state index in [-0.39, 0.29) is 36.1 Å². The van der Waals surface area contributed by atoms with Crippen LogP contribution < -0.4 is 21.6 Å². The highest BCUT2D eigenvalue weighted by Crippen LogP contribution is 2.35. The number of imide groups is 1. The van der Waals surface area contributed by atoms with Crippen LogP contribution in [0.2, 0.25) is 0 Å². The number of piperidine rings is 2. The standard InChI is InChI=1S/C45H57N11O5/c1-28(2)40-35(48-43(58)34-25-47-54-22-19-38(49-42(34)54)46-24-29-9-10-29)27-55(51-40)32-13-11-30(12-14-32)26-53-20-17-33(18-21-53)61-23-5-7-31-6-4-8-36-41(31)52(3)45(60)56(36)37-15-16-39(57)50-44(37)59/h4,6,8,19,22,25,27,29-30,32-33,37H,1,5,7,9-18,20-21,23-24,26H2,2-3H3,(H,46,49)(H,48,58)(H,50,57,59). The van der Waals surface area contributed by atoms with E-state index in [9.17, 15) is 19.2 Å². The van der Waals surface area contributed by atoms with Gasteiger partial charge in [0, 0.05) is 58.6 Å². The average molecular weight is 832 g/mol. The molecule has 5 aromatic rings. The fourth-order valence-corrected chi connectivity index (χ4v) is 9.55. The van der Waals surface area contributed by atoms with Crippen molar-refractivity contribution >= 4 is 51.5 Å². The Kier molecular flexibility index (Phi) is 11.6. The second kappa shape index (κ2) is 17.4. The van der Waals surface area contributed by atoms with Crippen molar-refractivity contribution in [3.63, 3.8) is 0 Å². The first-order chi connectivity index (χ1) is 29.6. The molecule has 61 heavy (non-hydrogen) atoms. The van der Waals surface area contributed by atoms with Crippen LogP contribution in [0.4, 0.5) is 11.5 Å². The number of benzene rings is 1. The number of anilines is 2. The smallest absolute Gasteiger partial charge is 0.329 e. The molecular weight excluding hydrogens is 775 g/mol. The van der Waals surface area contributed by atoms with Crippen LogP contribution in [0.25, 0.3) is 22.3 Å². The molecule has 4 aromatic heterocycles. The Morgan fingerprint density at radius 1 is 1.00 bits per heavy atom. The van der Waals surface area contributed by atoms with E-state index in [4.69, 9.17) is 14.8 Å². The number of imidazole rings is 1. The molecule has 4 aliphatic rings. The third-order valence-corrected chi connectivity index (χ3v) is 13.2. The van der Waals surface area contributed by atoms with Crippen molar-refractivity contribution < 1.29 is 19.1 Å². The van der Waals surface area contributed by atoms with Crippen molar-refractivity contribution in [2.24, 2.45) is 18.9 Å². The molecule has 1 unspecified atom stereocenters. The van der Waals surface area contributed by atoms with Gasteiger partial charge in [-0.1, -0.05) is 18.7 Å². The maximum absolute atomic E-state index is 13.6. The number of nitrogens with zero attached hydrogens (tertiary/aromatic N) is 8. The van der Waals surface area contributed by atoms with Crippen molar-refractivity contribution in [1.29, 1.82) is 0 Å². The van der Waals surface area contributed by atoms with Crippen molar-refractivity contribution in [1.82, 2.24) is 43.7 Å². The van der Waals surface area contributed by atoms with E-state index in [1.807, 2.05) is 48.3 Å². The minimum absolute atomic E-state index is 0.219. The van der Waals surface area contributed by atoms with Crippen LogP contribution in [-0.2, 0) is 27.8 Å². The number of aromatic nitrogens is 7. The maximum atomic E-state index is 13.6. The van der Waals surface area contributed by atoms with Crippen LogP contribution in [0.15, 0.2) is 54.2 Å². The molecule has 0 radical (unpaired) electrons. The summed E-state index contributed by atoms with van der Waals surface area (Å²) in [5, 5.41) is 18.2. The number of carbonyl (C=O) groups excluding carboxylic acids is 3. The van der Waals surface area contributed by atoms with Gasteiger partial charge in [-0.25, -0.2) is 14.3 Å². The van der Waals surface area contributed by atoms with Gasteiger partial charge < -0.3 is 20.3 Å². The number of aryl methyl sites for hydroxylation is 2. The topological polar surface area (TPSA) is 175 Å². The number of amides is 3. The van der Waals surface area contributed by atoms with Gasteiger partial charge in [-0.3, -0.25) is 33.5 Å². The van der Waals surface area contributed by atoms with Gasteiger partial charge in [0.25, 0.3) is 5.91 Å². The molecule has 9 rings (SSSR count). The van der Waals surface area contributed by atoms with Crippen LogP contribution in [0.5, 0.6) is 0 Å². The summed E-state index contributed by atoms with van der Waals surface area (Å²) in [4.78, 5) is 58.5. The van der Waals surface area contributed by atoms with Gasteiger partial charge in [-0.15, -0.1) is 0 Å². The summed E-state index contributed by atoms with van der Waals surface area (Å²) in [5.41, 5.74) is 5.42. The zero-order valence-corrected chi connectivity index (χ0v) is 35.3. The lowest BCUT2D eigenvalue weighted by molar-refractivity contribution is -0.135. The number of para-hydroxylation sites is 1. The van der Waals surface area contributed by atoms with Gasteiger partial charge in [-0.05, 0) is 113 Å². The normalized spacial score (nSPS) is 21.6. The molecular formula is C45H57N11O5. The maximum Gasteiger partial charge on any atom is 0.329 e. The van der Waals surface area contributed by atoms with Gasteiger partial charge in [-0.2, -0.15) is 10.2 Å². The molecule has 3 amide bonds. The SMILES string of the molecule is C=C(C)c1nn(C2CCC(CN3CCC(OCCCc4cccc5c4n(C)c(=O)n5C4CCC(=O)NC4=O)CC3)CC2)cc1NC(=O)c1cnn2ccc(NCC3CC3)nc12. The Bertz CT molecular complexity index is 2510. The number of carbonyl (C=O) groups is 3. The number of nitrogens with one attached hydrogen (secondary N) is 3. The largest absolute Gasteiger partial charge is 0.378 e. The van der Waals surface area contributed by atoms with Crippen molar-refractivity contribution in [3.05, 3.63) is 76.7 Å². The monoisotopic (exact) mass is 831 g/mol. The van der Waals surface area contributed by atoms with Crippen LogP contribution in [-0.4, -0.2) is 95.0 Å². The molecule has 2 aliphatic carbocycles. The van der Waals surface area contributed by atoms with Crippen LogP contribution in [0.3, 0.4) is 0 Å². The first-order valence-electron chi connectivity index (χ1n) is 22.1. The number of hydrogen-bond acceptors (Lipinski definition) is 10. The van der Waals surface area contributed by atoms with Gasteiger partial charge in [0.05, 0.1) is 35.1 Å². The number of fused-ring (bicyclic) bond motifs is 2. The molecule has 2 saturated heterocycles. The van der Waals surface area contributed by atoms with Crippen molar-refractivity contribution in [3.8, 4) is 0 Å². The zero-order chi connectivity index (χ0) is 42.2. The summed E-state index contributed by atoms with van der Waals surface area (Å²) < 4.78 is 13.2. The summed E-state index contributed by atoms with van der Waals surface area (Å²) in [5.74, 6) is 1.10. The first kappa shape index (κ1) is 40.8. The summed E-state index contributed by atoms with van der Waals surface area (Å²) >= 11 is 0. The predicted octanol–water partition coefficient (Wildman–Crippen LogP) is 5.51. The van der Waals surface area contributed by atoms with E-state index in [0.29, 0.717) is 47.5 Å². The summed E-state index contributed by atoms with van der Waals surface area (Å²) in [6.07, 6.45) is 16.6. The molecule has 4 fully saturated rings. The Balaban J connectivity index is 0.724. The molecule has 2 saturated carbocycles. The number of likely N-dealkylation sites (tertiary alicyclic amines) is 1. The number of ether oxygens (including phenoxy) is 1. The Morgan fingerprint density at radius 2 is 1.79 bits per heavy atom. The molecule has 0 bridgehead atoms.